The summed E-state index contributed by atoms with van der Waals surface area (Å²) < 4.78 is 36.7. The second-order valence-electron chi connectivity index (χ2n) is 4.14. The molecule has 0 aliphatic heterocycles. The molecule has 1 aromatic carbocycles. The first kappa shape index (κ1) is 15.4. The summed E-state index contributed by atoms with van der Waals surface area (Å²) in [7, 11) is -3.85. The monoisotopic (exact) mass is 288 g/mol. The molecule has 3 N–H and O–H groups in total. The predicted octanol–water partition coefficient (Wildman–Crippen LogP) is 1.10. The van der Waals surface area contributed by atoms with E-state index in [-0.39, 0.29) is 10.6 Å². The molecule has 106 valence electrons. The summed E-state index contributed by atoms with van der Waals surface area (Å²) in [5.41, 5.74) is 5.26. The average Bonchev–Trinajstić information content (AvgIpc) is 2.27. The number of nitrogens with one attached hydrogen (secondary N) is 1. The van der Waals surface area contributed by atoms with Gasteiger partial charge < -0.3 is 11.1 Å². The van der Waals surface area contributed by atoms with Gasteiger partial charge in [0.1, 0.15) is 11.6 Å². The van der Waals surface area contributed by atoms with Crippen LogP contribution in [0.1, 0.15) is 19.8 Å². The van der Waals surface area contributed by atoms with E-state index in [0.29, 0.717) is 6.54 Å². The number of rotatable bonds is 6. The Hall–Kier alpha value is -1.63. The van der Waals surface area contributed by atoms with Crippen LogP contribution in [0.2, 0.25) is 0 Å². The van der Waals surface area contributed by atoms with Crippen LogP contribution in [0.25, 0.3) is 0 Å². The highest BCUT2D eigenvalue weighted by molar-refractivity contribution is 7.92. The summed E-state index contributed by atoms with van der Waals surface area (Å²) in [6, 6.07) is 2.99. The summed E-state index contributed by atoms with van der Waals surface area (Å²) in [6.45, 7) is 2.39. The van der Waals surface area contributed by atoms with Crippen LogP contribution in [-0.2, 0) is 14.6 Å². The van der Waals surface area contributed by atoms with Crippen molar-refractivity contribution >= 4 is 21.4 Å². The maximum absolute atomic E-state index is 12.8. The minimum Gasteiger partial charge on any atom is -0.398 e. The number of nitrogens with two attached hydrogens (primary N) is 1. The molecule has 0 saturated carbocycles. The number of nitrogen functional groups attached to an aromatic ring is 1. The van der Waals surface area contributed by atoms with Crippen LogP contribution in [0.15, 0.2) is 23.1 Å². The van der Waals surface area contributed by atoms with E-state index in [2.05, 4.69) is 5.32 Å². The van der Waals surface area contributed by atoms with E-state index < -0.39 is 27.3 Å². The Morgan fingerprint density at radius 3 is 2.68 bits per heavy atom. The zero-order chi connectivity index (χ0) is 14.5. The molecule has 0 heterocycles. The Labute approximate surface area is 111 Å². The summed E-state index contributed by atoms with van der Waals surface area (Å²) in [4.78, 5) is 11.3. The second-order valence-corrected chi connectivity index (χ2v) is 6.10. The Morgan fingerprint density at radius 1 is 1.42 bits per heavy atom. The minimum atomic E-state index is -3.85. The second kappa shape index (κ2) is 6.51. The first-order chi connectivity index (χ1) is 8.86. The van der Waals surface area contributed by atoms with E-state index in [0.717, 1.165) is 31.0 Å². The van der Waals surface area contributed by atoms with E-state index in [1.54, 1.807) is 0 Å². The molecule has 1 amide bonds. The fourth-order valence-electron chi connectivity index (χ4n) is 1.51. The number of unbranched alkanes of at least 4 members (excludes halogenated alkanes) is 1. The van der Waals surface area contributed by atoms with E-state index in [4.69, 9.17) is 5.73 Å². The van der Waals surface area contributed by atoms with Crippen molar-refractivity contribution in [1.29, 1.82) is 0 Å². The number of hydrogen-bond acceptors (Lipinski definition) is 4. The first-order valence-electron chi connectivity index (χ1n) is 5.91. The third-order valence-electron chi connectivity index (χ3n) is 2.48. The molecule has 0 radical (unpaired) electrons. The van der Waals surface area contributed by atoms with Crippen LogP contribution in [0, 0.1) is 5.82 Å². The molecule has 1 rings (SSSR count). The van der Waals surface area contributed by atoms with Crippen molar-refractivity contribution in [3.8, 4) is 0 Å². The van der Waals surface area contributed by atoms with E-state index in [1.807, 2.05) is 6.92 Å². The van der Waals surface area contributed by atoms with E-state index in [1.165, 1.54) is 0 Å². The fourth-order valence-corrected chi connectivity index (χ4v) is 2.80. The minimum absolute atomic E-state index is 0.193. The SMILES string of the molecule is CCCCNC(=O)CS(=O)(=O)c1ccc(F)cc1N. The lowest BCUT2D eigenvalue weighted by Gasteiger charge is -2.08. The number of anilines is 1. The van der Waals surface area contributed by atoms with Crippen molar-refractivity contribution in [2.24, 2.45) is 0 Å². The molecule has 0 aliphatic carbocycles. The number of hydrogen-bond donors (Lipinski definition) is 2. The Kier molecular flexibility index (Phi) is 5.29. The standard InChI is InChI=1S/C12H17FN2O3S/c1-2-3-6-15-12(16)8-19(17,18)11-5-4-9(13)7-10(11)14/h4-5,7H,2-3,6,8,14H2,1H3,(H,15,16). The van der Waals surface area contributed by atoms with Gasteiger partial charge in [-0.2, -0.15) is 0 Å². The highest BCUT2D eigenvalue weighted by atomic mass is 32.2. The van der Waals surface area contributed by atoms with Crippen molar-refractivity contribution in [3.63, 3.8) is 0 Å². The third kappa shape index (κ3) is 4.51. The number of carbonyl (C=O) groups is 1. The molecule has 0 spiro atoms. The van der Waals surface area contributed by atoms with Crippen LogP contribution in [0.4, 0.5) is 10.1 Å². The molecular formula is C12H17FN2O3S. The van der Waals surface area contributed by atoms with Crippen LogP contribution < -0.4 is 11.1 Å². The zero-order valence-corrected chi connectivity index (χ0v) is 11.5. The molecule has 1 aromatic rings. The quantitative estimate of drug-likeness (QED) is 0.466. The molecule has 0 saturated heterocycles. The van der Waals surface area contributed by atoms with Crippen LogP contribution in [-0.4, -0.2) is 26.6 Å². The normalized spacial score (nSPS) is 11.3. The molecule has 19 heavy (non-hydrogen) atoms. The van der Waals surface area contributed by atoms with Crippen molar-refractivity contribution in [2.45, 2.75) is 24.7 Å². The molecule has 0 fully saturated rings. The van der Waals surface area contributed by atoms with Crippen molar-refractivity contribution in [3.05, 3.63) is 24.0 Å². The van der Waals surface area contributed by atoms with Gasteiger partial charge in [-0.15, -0.1) is 0 Å². The first-order valence-corrected chi connectivity index (χ1v) is 7.56. The Balaban J connectivity index is 2.78. The molecule has 0 unspecified atom stereocenters. The zero-order valence-electron chi connectivity index (χ0n) is 10.6. The van der Waals surface area contributed by atoms with E-state index in [9.17, 15) is 17.6 Å². The predicted molar refractivity (Wildman–Crippen MR) is 70.8 cm³/mol. The van der Waals surface area contributed by atoms with Gasteiger partial charge in [0, 0.05) is 6.54 Å². The Bertz CT molecular complexity index is 558. The van der Waals surface area contributed by atoms with Gasteiger partial charge in [-0.1, -0.05) is 13.3 Å². The summed E-state index contributed by atoms with van der Waals surface area (Å²) in [6.07, 6.45) is 1.68. The lowest BCUT2D eigenvalue weighted by molar-refractivity contribution is -0.118. The molecule has 0 atom stereocenters. The van der Waals surface area contributed by atoms with Gasteiger partial charge in [0.2, 0.25) is 5.91 Å². The molecule has 7 heteroatoms. The number of carbonyl (C=O) groups excluding carboxylic acids is 1. The van der Waals surface area contributed by atoms with Crippen LogP contribution >= 0.6 is 0 Å². The number of benzene rings is 1. The topological polar surface area (TPSA) is 89.3 Å². The molecule has 0 aliphatic rings. The smallest absolute Gasteiger partial charge is 0.235 e. The van der Waals surface area contributed by atoms with Gasteiger partial charge in [0.15, 0.2) is 9.84 Å². The maximum Gasteiger partial charge on any atom is 0.235 e. The van der Waals surface area contributed by atoms with Gasteiger partial charge in [-0.05, 0) is 24.6 Å². The number of sulfone groups is 1. The van der Waals surface area contributed by atoms with Crippen molar-refractivity contribution < 1.29 is 17.6 Å². The van der Waals surface area contributed by atoms with Gasteiger partial charge in [-0.25, -0.2) is 12.8 Å². The lowest BCUT2D eigenvalue weighted by Crippen LogP contribution is -2.31. The fraction of sp³-hybridized carbons (Fsp3) is 0.417. The average molecular weight is 288 g/mol. The van der Waals surface area contributed by atoms with Crippen molar-refractivity contribution in [2.75, 3.05) is 18.0 Å². The highest BCUT2D eigenvalue weighted by Gasteiger charge is 2.21. The van der Waals surface area contributed by atoms with Crippen LogP contribution in [0.3, 0.4) is 0 Å². The van der Waals surface area contributed by atoms with Gasteiger partial charge in [0.05, 0.1) is 10.6 Å². The van der Waals surface area contributed by atoms with Gasteiger partial charge in [0.25, 0.3) is 0 Å². The van der Waals surface area contributed by atoms with Gasteiger partial charge >= 0.3 is 0 Å². The summed E-state index contributed by atoms with van der Waals surface area (Å²) >= 11 is 0. The Morgan fingerprint density at radius 2 is 2.11 bits per heavy atom. The lowest BCUT2D eigenvalue weighted by atomic mass is 10.3. The largest absolute Gasteiger partial charge is 0.398 e. The maximum atomic E-state index is 12.8. The molecule has 0 aromatic heterocycles. The molecule has 5 nitrogen and oxygen atoms in total. The van der Waals surface area contributed by atoms with Crippen molar-refractivity contribution in [1.82, 2.24) is 5.32 Å². The highest BCUT2D eigenvalue weighted by Crippen LogP contribution is 2.20. The van der Waals surface area contributed by atoms with E-state index >= 15 is 0 Å². The third-order valence-corrected chi connectivity index (χ3v) is 4.16. The van der Waals surface area contributed by atoms with Crippen LogP contribution in [0.5, 0.6) is 0 Å². The summed E-state index contributed by atoms with van der Waals surface area (Å²) in [5, 5.41) is 2.51. The molecule has 0 bridgehead atoms. The van der Waals surface area contributed by atoms with Gasteiger partial charge in [-0.3, -0.25) is 4.79 Å². The summed E-state index contributed by atoms with van der Waals surface area (Å²) in [5.74, 6) is -1.90. The molecular weight excluding hydrogens is 271 g/mol. The number of halogens is 1. The number of amides is 1.